The van der Waals surface area contributed by atoms with Crippen molar-refractivity contribution in [2.75, 3.05) is 26.3 Å². The second-order valence-corrected chi connectivity index (χ2v) is 8.82. The van der Waals surface area contributed by atoms with Crippen LogP contribution in [0, 0.1) is 0 Å². The predicted molar refractivity (Wildman–Crippen MR) is 133 cm³/mol. The molecular formula is C28H32ClNO3. The van der Waals surface area contributed by atoms with Crippen LogP contribution in [0.15, 0.2) is 78.9 Å². The molecule has 0 spiro atoms. The van der Waals surface area contributed by atoms with Crippen molar-refractivity contribution in [3.8, 4) is 5.75 Å². The van der Waals surface area contributed by atoms with Gasteiger partial charge in [0.25, 0.3) is 0 Å². The average Bonchev–Trinajstić information content (AvgIpc) is 2.87. The van der Waals surface area contributed by atoms with Crippen molar-refractivity contribution in [2.24, 2.45) is 0 Å². The maximum absolute atomic E-state index is 6.29. The van der Waals surface area contributed by atoms with E-state index in [0.29, 0.717) is 32.3 Å². The van der Waals surface area contributed by atoms with Crippen LogP contribution in [-0.2, 0) is 22.7 Å². The van der Waals surface area contributed by atoms with Gasteiger partial charge in [-0.05, 0) is 53.9 Å². The molecule has 0 saturated carbocycles. The van der Waals surface area contributed by atoms with Crippen LogP contribution in [0.1, 0.15) is 35.4 Å². The van der Waals surface area contributed by atoms with Gasteiger partial charge in [0.2, 0.25) is 0 Å². The fourth-order valence-corrected chi connectivity index (χ4v) is 4.22. The summed E-state index contributed by atoms with van der Waals surface area (Å²) >= 11 is 5.99. The first kappa shape index (κ1) is 23.8. The van der Waals surface area contributed by atoms with Gasteiger partial charge >= 0.3 is 0 Å². The quantitative estimate of drug-likeness (QED) is 0.353. The van der Waals surface area contributed by atoms with Crippen LogP contribution in [0.2, 0.25) is 5.02 Å². The Bertz CT molecular complexity index is 947. The van der Waals surface area contributed by atoms with E-state index in [4.69, 9.17) is 25.8 Å². The van der Waals surface area contributed by atoms with Crippen molar-refractivity contribution in [2.45, 2.75) is 38.1 Å². The summed E-state index contributed by atoms with van der Waals surface area (Å²) < 4.78 is 17.9. The molecule has 0 radical (unpaired) electrons. The van der Waals surface area contributed by atoms with E-state index in [1.165, 1.54) is 11.1 Å². The SMILES string of the molecule is Clc1ccc(COC2CNCCC2c2ccc(OCCCOCc3ccccc3)cc2)cc1. The van der Waals surface area contributed by atoms with Gasteiger partial charge in [0.1, 0.15) is 5.75 Å². The second kappa shape index (κ2) is 12.8. The van der Waals surface area contributed by atoms with E-state index in [1.54, 1.807) is 0 Å². The number of rotatable bonds is 11. The molecule has 33 heavy (non-hydrogen) atoms. The predicted octanol–water partition coefficient (Wildman–Crippen LogP) is 5.99. The number of piperidine rings is 1. The Kier molecular flexibility index (Phi) is 9.19. The van der Waals surface area contributed by atoms with Crippen LogP contribution >= 0.6 is 11.6 Å². The number of benzene rings is 3. The number of hydrogen-bond acceptors (Lipinski definition) is 4. The Labute approximate surface area is 201 Å². The molecule has 0 amide bonds. The number of ether oxygens (including phenoxy) is 3. The van der Waals surface area contributed by atoms with Crippen molar-refractivity contribution >= 4 is 11.6 Å². The van der Waals surface area contributed by atoms with Crippen LogP contribution in [0.3, 0.4) is 0 Å². The van der Waals surface area contributed by atoms with Crippen LogP contribution < -0.4 is 10.1 Å². The van der Waals surface area contributed by atoms with Gasteiger partial charge in [-0.3, -0.25) is 0 Å². The lowest BCUT2D eigenvalue weighted by atomic mass is 9.87. The van der Waals surface area contributed by atoms with Gasteiger partial charge in [0.05, 0.1) is 32.5 Å². The third kappa shape index (κ3) is 7.58. The van der Waals surface area contributed by atoms with Gasteiger partial charge in [-0.1, -0.05) is 66.2 Å². The standard InChI is InChI=1S/C28H32ClNO3/c29-25-11-7-23(8-12-25)21-33-28-19-30-16-15-27(28)24-9-13-26(14-10-24)32-18-4-17-31-20-22-5-2-1-3-6-22/h1-3,5-14,27-28,30H,4,15-21H2. The topological polar surface area (TPSA) is 39.7 Å². The molecule has 1 saturated heterocycles. The van der Waals surface area contributed by atoms with Gasteiger partial charge in [-0.2, -0.15) is 0 Å². The molecule has 3 aromatic rings. The molecule has 0 aromatic heterocycles. The molecule has 1 fully saturated rings. The number of hydrogen-bond donors (Lipinski definition) is 1. The normalized spacial score (nSPS) is 18.2. The zero-order chi connectivity index (χ0) is 22.7. The van der Waals surface area contributed by atoms with Gasteiger partial charge in [0.15, 0.2) is 0 Å². The number of nitrogens with one attached hydrogen (secondary N) is 1. The average molecular weight is 466 g/mol. The van der Waals surface area contributed by atoms with Crippen molar-refractivity contribution in [1.29, 1.82) is 0 Å². The Hall–Kier alpha value is -2.37. The van der Waals surface area contributed by atoms with Crippen LogP contribution in [0.4, 0.5) is 0 Å². The highest BCUT2D eigenvalue weighted by Gasteiger charge is 2.27. The molecule has 2 atom stereocenters. The van der Waals surface area contributed by atoms with E-state index < -0.39 is 0 Å². The summed E-state index contributed by atoms with van der Waals surface area (Å²) in [7, 11) is 0. The van der Waals surface area contributed by atoms with E-state index >= 15 is 0 Å². The highest BCUT2D eigenvalue weighted by Crippen LogP contribution is 2.30. The first-order chi connectivity index (χ1) is 16.3. The van der Waals surface area contributed by atoms with Gasteiger partial charge in [-0.15, -0.1) is 0 Å². The summed E-state index contributed by atoms with van der Waals surface area (Å²) in [5.41, 5.74) is 3.64. The van der Waals surface area contributed by atoms with E-state index in [9.17, 15) is 0 Å². The summed E-state index contributed by atoms with van der Waals surface area (Å²) in [6.07, 6.45) is 2.07. The van der Waals surface area contributed by atoms with Crippen LogP contribution in [0.25, 0.3) is 0 Å². The maximum Gasteiger partial charge on any atom is 0.119 e. The fraction of sp³-hybridized carbons (Fsp3) is 0.357. The molecule has 0 aliphatic carbocycles. The highest BCUT2D eigenvalue weighted by atomic mass is 35.5. The summed E-state index contributed by atoms with van der Waals surface area (Å²) in [4.78, 5) is 0. The third-order valence-electron chi connectivity index (χ3n) is 5.93. The zero-order valence-electron chi connectivity index (χ0n) is 18.9. The molecule has 4 rings (SSSR count). The Morgan fingerprint density at radius 3 is 2.36 bits per heavy atom. The van der Waals surface area contributed by atoms with Crippen molar-refractivity contribution < 1.29 is 14.2 Å². The molecular weight excluding hydrogens is 434 g/mol. The largest absolute Gasteiger partial charge is 0.494 e. The minimum atomic E-state index is 0.142. The van der Waals surface area contributed by atoms with Crippen molar-refractivity contribution in [3.05, 3.63) is 101 Å². The molecule has 2 unspecified atom stereocenters. The van der Waals surface area contributed by atoms with Crippen molar-refractivity contribution in [3.63, 3.8) is 0 Å². The molecule has 5 heteroatoms. The van der Waals surface area contributed by atoms with Gasteiger partial charge in [0, 0.05) is 23.9 Å². The molecule has 174 valence electrons. The lowest BCUT2D eigenvalue weighted by Crippen LogP contribution is -2.40. The Balaban J connectivity index is 1.20. The van der Waals surface area contributed by atoms with E-state index in [0.717, 1.165) is 42.3 Å². The summed E-state index contributed by atoms with van der Waals surface area (Å²) in [5.74, 6) is 1.27. The lowest BCUT2D eigenvalue weighted by Gasteiger charge is -2.32. The second-order valence-electron chi connectivity index (χ2n) is 8.38. The zero-order valence-corrected chi connectivity index (χ0v) is 19.7. The number of halogens is 1. The van der Waals surface area contributed by atoms with Crippen LogP contribution in [-0.4, -0.2) is 32.4 Å². The molecule has 0 bridgehead atoms. The molecule has 1 aliphatic heterocycles. The Morgan fingerprint density at radius 2 is 1.58 bits per heavy atom. The molecule has 1 N–H and O–H groups in total. The monoisotopic (exact) mass is 465 g/mol. The van der Waals surface area contributed by atoms with Crippen molar-refractivity contribution in [1.82, 2.24) is 5.32 Å². The lowest BCUT2D eigenvalue weighted by molar-refractivity contribution is 0.0106. The van der Waals surface area contributed by atoms with E-state index in [1.807, 2.05) is 42.5 Å². The summed E-state index contributed by atoms with van der Waals surface area (Å²) in [6, 6.07) is 26.6. The first-order valence-electron chi connectivity index (χ1n) is 11.7. The van der Waals surface area contributed by atoms with Gasteiger partial charge < -0.3 is 19.5 Å². The van der Waals surface area contributed by atoms with E-state index in [-0.39, 0.29) is 6.10 Å². The molecule has 1 heterocycles. The van der Waals surface area contributed by atoms with Crippen LogP contribution in [0.5, 0.6) is 5.75 Å². The first-order valence-corrected chi connectivity index (χ1v) is 12.1. The summed E-state index contributed by atoms with van der Waals surface area (Å²) in [6.45, 7) is 4.44. The third-order valence-corrected chi connectivity index (χ3v) is 6.18. The van der Waals surface area contributed by atoms with Gasteiger partial charge in [-0.25, -0.2) is 0 Å². The molecule has 4 nitrogen and oxygen atoms in total. The molecule has 1 aliphatic rings. The Morgan fingerprint density at radius 1 is 0.818 bits per heavy atom. The minimum Gasteiger partial charge on any atom is -0.494 e. The van der Waals surface area contributed by atoms with E-state index in [2.05, 4.69) is 41.7 Å². The smallest absolute Gasteiger partial charge is 0.119 e. The maximum atomic E-state index is 6.29. The summed E-state index contributed by atoms with van der Waals surface area (Å²) in [5, 5.41) is 4.21. The molecule has 3 aromatic carbocycles. The fourth-order valence-electron chi connectivity index (χ4n) is 4.10. The highest BCUT2D eigenvalue weighted by molar-refractivity contribution is 6.30. The minimum absolute atomic E-state index is 0.142.